The van der Waals surface area contributed by atoms with Gasteiger partial charge in [0, 0.05) is 30.8 Å². The fourth-order valence-electron chi connectivity index (χ4n) is 1.73. The summed E-state index contributed by atoms with van der Waals surface area (Å²) in [6.07, 6.45) is 1.76. The van der Waals surface area contributed by atoms with Crippen molar-refractivity contribution in [3.05, 3.63) is 46.6 Å². The summed E-state index contributed by atoms with van der Waals surface area (Å²) in [6.45, 7) is 2.11. The number of hydrogen-bond donors (Lipinski definition) is 1. The topological polar surface area (TPSA) is 41.1 Å². The van der Waals surface area contributed by atoms with Gasteiger partial charge in [0.2, 0.25) is 5.95 Å². The first-order valence-corrected chi connectivity index (χ1v) is 6.88. The number of nitrogens with one attached hydrogen (secondary N) is 1. The lowest BCUT2D eigenvalue weighted by Gasteiger charge is -2.17. The van der Waals surface area contributed by atoms with Gasteiger partial charge >= 0.3 is 0 Å². The average molecular weight is 321 g/mol. The van der Waals surface area contributed by atoms with Crippen molar-refractivity contribution in [2.24, 2.45) is 0 Å². The second-order valence-electron chi connectivity index (χ2n) is 4.56. The first kappa shape index (κ1) is 13.8. The smallest absolute Gasteiger partial charge is 0.226 e. The fourth-order valence-corrected chi connectivity index (χ4v) is 2.14. The van der Waals surface area contributed by atoms with Crippen LogP contribution in [-0.4, -0.2) is 24.1 Å². The molecule has 2 rings (SSSR count). The minimum Gasteiger partial charge on any atom is -0.363 e. The minimum absolute atomic E-state index is 0.183. The van der Waals surface area contributed by atoms with E-state index in [2.05, 4.69) is 50.3 Å². The zero-order valence-corrected chi connectivity index (χ0v) is 12.8. The molecule has 0 amide bonds. The average Bonchev–Trinajstić information content (AvgIpc) is 2.39. The van der Waals surface area contributed by atoms with Crippen LogP contribution in [0.25, 0.3) is 0 Å². The Morgan fingerprint density at radius 1 is 1.26 bits per heavy atom. The Kier molecular flexibility index (Phi) is 4.37. The van der Waals surface area contributed by atoms with Gasteiger partial charge in [-0.15, -0.1) is 0 Å². The van der Waals surface area contributed by atoms with Crippen LogP contribution in [0.3, 0.4) is 0 Å². The van der Waals surface area contributed by atoms with Crippen molar-refractivity contribution in [3.8, 4) is 0 Å². The summed E-state index contributed by atoms with van der Waals surface area (Å²) in [6, 6.07) is 10.3. The summed E-state index contributed by atoms with van der Waals surface area (Å²) in [5.41, 5.74) is 1.21. The number of aromatic nitrogens is 2. The lowest BCUT2D eigenvalue weighted by atomic mass is 10.1. The molecular formula is C14H17BrN4. The molecule has 1 aromatic carbocycles. The molecule has 0 bridgehead atoms. The SMILES string of the molecule is CC(Nc1ccnc(N(C)C)n1)c1cccc(Br)c1. The van der Waals surface area contributed by atoms with Crippen molar-refractivity contribution in [2.75, 3.05) is 24.3 Å². The third kappa shape index (κ3) is 3.67. The third-order valence-corrected chi connectivity index (χ3v) is 3.25. The molecule has 0 fully saturated rings. The number of anilines is 2. The Morgan fingerprint density at radius 3 is 2.74 bits per heavy atom. The molecule has 0 aliphatic rings. The van der Waals surface area contributed by atoms with E-state index >= 15 is 0 Å². The van der Waals surface area contributed by atoms with Gasteiger partial charge in [-0.1, -0.05) is 28.1 Å². The summed E-state index contributed by atoms with van der Waals surface area (Å²) < 4.78 is 1.08. The molecule has 100 valence electrons. The molecule has 1 aromatic heterocycles. The van der Waals surface area contributed by atoms with Crippen molar-refractivity contribution in [3.63, 3.8) is 0 Å². The highest BCUT2D eigenvalue weighted by Gasteiger charge is 2.07. The largest absolute Gasteiger partial charge is 0.363 e. The molecule has 0 spiro atoms. The van der Waals surface area contributed by atoms with Crippen molar-refractivity contribution >= 4 is 27.7 Å². The summed E-state index contributed by atoms with van der Waals surface area (Å²) in [7, 11) is 3.85. The summed E-state index contributed by atoms with van der Waals surface area (Å²) in [5.74, 6) is 1.53. The van der Waals surface area contributed by atoms with Crippen LogP contribution in [0.15, 0.2) is 41.0 Å². The molecule has 0 saturated heterocycles. The standard InChI is InChI=1S/C14H17BrN4/c1-10(11-5-4-6-12(15)9-11)17-13-7-8-16-14(18-13)19(2)3/h4-10H,1-3H3,(H,16,17,18). The van der Waals surface area contributed by atoms with Gasteiger partial charge in [0.05, 0.1) is 0 Å². The molecular weight excluding hydrogens is 304 g/mol. The van der Waals surface area contributed by atoms with Crippen molar-refractivity contribution in [1.29, 1.82) is 0 Å². The predicted molar refractivity (Wildman–Crippen MR) is 82.5 cm³/mol. The molecule has 0 radical (unpaired) electrons. The maximum absolute atomic E-state index is 4.45. The van der Waals surface area contributed by atoms with Crippen LogP contribution in [0.1, 0.15) is 18.5 Å². The second-order valence-corrected chi connectivity index (χ2v) is 5.47. The lowest BCUT2D eigenvalue weighted by Crippen LogP contribution is -2.14. The monoisotopic (exact) mass is 320 g/mol. The molecule has 0 aliphatic carbocycles. The zero-order chi connectivity index (χ0) is 13.8. The van der Waals surface area contributed by atoms with E-state index in [-0.39, 0.29) is 6.04 Å². The Labute approximate surface area is 122 Å². The van der Waals surface area contributed by atoms with Crippen molar-refractivity contribution in [1.82, 2.24) is 9.97 Å². The Balaban J connectivity index is 2.14. The number of halogens is 1. The molecule has 0 aliphatic heterocycles. The van der Waals surface area contributed by atoms with Gasteiger partial charge in [-0.25, -0.2) is 4.98 Å². The Hall–Kier alpha value is -1.62. The van der Waals surface area contributed by atoms with Crippen molar-refractivity contribution < 1.29 is 0 Å². The molecule has 1 unspecified atom stereocenters. The quantitative estimate of drug-likeness (QED) is 0.936. The Morgan fingerprint density at radius 2 is 2.05 bits per heavy atom. The van der Waals surface area contributed by atoms with E-state index in [1.54, 1.807) is 6.20 Å². The van der Waals surface area contributed by atoms with Crippen LogP contribution in [-0.2, 0) is 0 Å². The van der Waals surface area contributed by atoms with E-state index < -0.39 is 0 Å². The van der Waals surface area contributed by atoms with Crippen LogP contribution < -0.4 is 10.2 Å². The predicted octanol–water partition coefficient (Wildman–Crippen LogP) is 3.48. The van der Waals surface area contributed by atoms with Gasteiger partial charge in [-0.05, 0) is 30.7 Å². The van der Waals surface area contributed by atoms with Crippen LogP contribution in [0.2, 0.25) is 0 Å². The van der Waals surface area contributed by atoms with Gasteiger partial charge in [-0.2, -0.15) is 4.98 Å². The first-order chi connectivity index (χ1) is 9.06. The Bertz CT molecular complexity index is 557. The molecule has 5 heteroatoms. The number of hydrogen-bond acceptors (Lipinski definition) is 4. The van der Waals surface area contributed by atoms with Crippen LogP contribution in [0.4, 0.5) is 11.8 Å². The highest BCUT2D eigenvalue weighted by atomic mass is 79.9. The van der Waals surface area contributed by atoms with Crippen molar-refractivity contribution in [2.45, 2.75) is 13.0 Å². The van der Waals surface area contributed by atoms with Crippen LogP contribution >= 0.6 is 15.9 Å². The van der Waals surface area contributed by atoms with Gasteiger partial charge < -0.3 is 10.2 Å². The van der Waals surface area contributed by atoms with Gasteiger partial charge in [0.15, 0.2) is 0 Å². The molecule has 4 nitrogen and oxygen atoms in total. The third-order valence-electron chi connectivity index (χ3n) is 2.76. The van der Waals surface area contributed by atoms with E-state index in [0.717, 1.165) is 10.3 Å². The van der Waals surface area contributed by atoms with Gasteiger partial charge in [-0.3, -0.25) is 0 Å². The zero-order valence-electron chi connectivity index (χ0n) is 11.3. The molecule has 1 N–H and O–H groups in total. The summed E-state index contributed by atoms with van der Waals surface area (Å²) >= 11 is 3.49. The van der Waals surface area contributed by atoms with E-state index in [4.69, 9.17) is 0 Å². The first-order valence-electron chi connectivity index (χ1n) is 6.08. The highest BCUT2D eigenvalue weighted by Crippen LogP contribution is 2.21. The van der Waals surface area contributed by atoms with Crippen LogP contribution in [0.5, 0.6) is 0 Å². The lowest BCUT2D eigenvalue weighted by molar-refractivity contribution is 0.867. The second kappa shape index (κ2) is 6.02. The van der Waals surface area contributed by atoms with Gasteiger partial charge in [0.25, 0.3) is 0 Å². The van der Waals surface area contributed by atoms with E-state index in [1.165, 1.54) is 5.56 Å². The molecule has 19 heavy (non-hydrogen) atoms. The molecule has 0 saturated carbocycles. The number of rotatable bonds is 4. The fraction of sp³-hybridized carbons (Fsp3) is 0.286. The maximum atomic E-state index is 4.45. The number of nitrogens with zero attached hydrogens (tertiary/aromatic N) is 3. The normalized spacial score (nSPS) is 12.0. The number of benzene rings is 1. The highest BCUT2D eigenvalue weighted by molar-refractivity contribution is 9.10. The van der Waals surface area contributed by atoms with E-state index in [1.807, 2.05) is 37.2 Å². The molecule has 2 aromatic rings. The molecule has 1 atom stereocenters. The summed E-state index contributed by atoms with van der Waals surface area (Å²) in [4.78, 5) is 10.5. The van der Waals surface area contributed by atoms with Crippen LogP contribution in [0, 0.1) is 0 Å². The van der Waals surface area contributed by atoms with E-state index in [9.17, 15) is 0 Å². The van der Waals surface area contributed by atoms with E-state index in [0.29, 0.717) is 5.95 Å². The minimum atomic E-state index is 0.183. The maximum Gasteiger partial charge on any atom is 0.226 e. The van der Waals surface area contributed by atoms with Gasteiger partial charge in [0.1, 0.15) is 5.82 Å². The summed E-state index contributed by atoms with van der Waals surface area (Å²) in [5, 5.41) is 3.38. The molecule has 1 heterocycles.